The maximum Gasteiger partial charge on any atom is 0.191 e. The molecule has 1 fully saturated rings. The first kappa shape index (κ1) is 18.2. The number of rotatable bonds is 7. The van der Waals surface area contributed by atoms with E-state index in [-0.39, 0.29) is 0 Å². The largest absolute Gasteiger partial charge is 0.357 e. The summed E-state index contributed by atoms with van der Waals surface area (Å²) in [5.41, 5.74) is 0. The quantitative estimate of drug-likeness (QED) is 0.445. The molecule has 1 aromatic heterocycles. The van der Waals surface area contributed by atoms with Crippen LogP contribution in [0.3, 0.4) is 0 Å². The monoisotopic (exact) mass is 347 g/mol. The van der Waals surface area contributed by atoms with E-state index in [4.69, 9.17) is 4.99 Å². The van der Waals surface area contributed by atoms with Crippen molar-refractivity contribution in [2.45, 2.75) is 71.5 Å². The molecule has 0 radical (unpaired) electrons. The Hall–Kier alpha value is -1.63. The number of hydrogen-bond acceptors (Lipinski definition) is 4. The summed E-state index contributed by atoms with van der Waals surface area (Å²) in [6.45, 7) is 10.3. The predicted octanol–water partition coefficient (Wildman–Crippen LogP) is 1.54. The van der Waals surface area contributed by atoms with Crippen molar-refractivity contribution in [3.8, 4) is 0 Å². The molecular formula is C18H33N7. The molecule has 7 heteroatoms. The Morgan fingerprint density at radius 2 is 2.12 bits per heavy atom. The SMILES string of the molecule is CCNC(=NCc1nnc2n1CCC2)NCCCN1CCCCC1C. The molecule has 1 atom stereocenters. The fraction of sp³-hybridized carbons (Fsp3) is 0.833. The number of nitrogens with one attached hydrogen (secondary N) is 2. The summed E-state index contributed by atoms with van der Waals surface area (Å²) in [6.07, 6.45) is 7.46. The van der Waals surface area contributed by atoms with Crippen LogP contribution in [-0.2, 0) is 19.5 Å². The Balaban J connectivity index is 1.44. The highest BCUT2D eigenvalue weighted by atomic mass is 15.3. The van der Waals surface area contributed by atoms with Gasteiger partial charge in [0, 0.05) is 38.6 Å². The number of likely N-dealkylation sites (tertiary alicyclic amines) is 1. The van der Waals surface area contributed by atoms with Crippen LogP contribution in [0.4, 0.5) is 0 Å². The van der Waals surface area contributed by atoms with Crippen molar-refractivity contribution in [2.24, 2.45) is 4.99 Å². The van der Waals surface area contributed by atoms with Gasteiger partial charge in [-0.15, -0.1) is 10.2 Å². The normalized spacial score (nSPS) is 21.4. The van der Waals surface area contributed by atoms with E-state index in [9.17, 15) is 0 Å². The van der Waals surface area contributed by atoms with Crippen molar-refractivity contribution in [3.63, 3.8) is 0 Å². The number of guanidine groups is 1. The molecule has 2 aliphatic rings. The maximum absolute atomic E-state index is 4.69. The summed E-state index contributed by atoms with van der Waals surface area (Å²) >= 11 is 0. The molecule has 2 aliphatic heterocycles. The van der Waals surface area contributed by atoms with Crippen LogP contribution in [0.5, 0.6) is 0 Å². The molecule has 1 unspecified atom stereocenters. The molecule has 7 nitrogen and oxygen atoms in total. The van der Waals surface area contributed by atoms with Crippen molar-refractivity contribution in [1.82, 2.24) is 30.3 Å². The molecule has 0 saturated carbocycles. The van der Waals surface area contributed by atoms with Gasteiger partial charge in [-0.2, -0.15) is 0 Å². The molecule has 140 valence electrons. The van der Waals surface area contributed by atoms with Gasteiger partial charge >= 0.3 is 0 Å². The molecule has 3 heterocycles. The lowest BCUT2D eigenvalue weighted by Gasteiger charge is -2.33. The Labute approximate surface area is 151 Å². The van der Waals surface area contributed by atoms with Gasteiger partial charge in [0.15, 0.2) is 11.8 Å². The third kappa shape index (κ3) is 4.93. The van der Waals surface area contributed by atoms with Gasteiger partial charge in [0.1, 0.15) is 12.4 Å². The Morgan fingerprint density at radius 1 is 1.20 bits per heavy atom. The summed E-state index contributed by atoms with van der Waals surface area (Å²) in [4.78, 5) is 7.31. The molecule has 0 aromatic carbocycles. The topological polar surface area (TPSA) is 70.4 Å². The second kappa shape index (κ2) is 9.17. The third-order valence-electron chi connectivity index (χ3n) is 5.26. The number of aliphatic imine (C=N–C) groups is 1. The Bertz CT molecular complexity index is 566. The van der Waals surface area contributed by atoms with E-state index < -0.39 is 0 Å². The molecular weight excluding hydrogens is 314 g/mol. The highest BCUT2D eigenvalue weighted by Crippen LogP contribution is 2.16. The van der Waals surface area contributed by atoms with Gasteiger partial charge in [-0.3, -0.25) is 0 Å². The van der Waals surface area contributed by atoms with Crippen LogP contribution in [0.1, 0.15) is 57.6 Å². The number of hydrogen-bond donors (Lipinski definition) is 2. The molecule has 0 amide bonds. The Kier molecular flexibility index (Phi) is 6.67. The third-order valence-corrected chi connectivity index (χ3v) is 5.26. The number of aryl methyl sites for hydroxylation is 1. The zero-order chi connectivity index (χ0) is 17.5. The summed E-state index contributed by atoms with van der Waals surface area (Å²) in [7, 11) is 0. The van der Waals surface area contributed by atoms with E-state index >= 15 is 0 Å². The van der Waals surface area contributed by atoms with Crippen LogP contribution in [0.15, 0.2) is 4.99 Å². The van der Waals surface area contributed by atoms with Crippen molar-refractivity contribution in [3.05, 3.63) is 11.6 Å². The maximum atomic E-state index is 4.69. The van der Waals surface area contributed by atoms with Gasteiger partial charge in [0.2, 0.25) is 0 Å². The van der Waals surface area contributed by atoms with Gasteiger partial charge in [-0.25, -0.2) is 4.99 Å². The van der Waals surface area contributed by atoms with Crippen LogP contribution in [-0.4, -0.2) is 57.8 Å². The first-order chi connectivity index (χ1) is 12.3. The second-order valence-corrected chi connectivity index (χ2v) is 7.14. The van der Waals surface area contributed by atoms with E-state index in [0.29, 0.717) is 6.54 Å². The first-order valence-electron chi connectivity index (χ1n) is 9.95. The number of nitrogens with zero attached hydrogens (tertiary/aromatic N) is 5. The smallest absolute Gasteiger partial charge is 0.191 e. The zero-order valence-corrected chi connectivity index (χ0v) is 15.8. The van der Waals surface area contributed by atoms with E-state index in [2.05, 4.69) is 44.1 Å². The van der Waals surface area contributed by atoms with Gasteiger partial charge in [0.25, 0.3) is 0 Å². The fourth-order valence-corrected chi connectivity index (χ4v) is 3.80. The second-order valence-electron chi connectivity index (χ2n) is 7.14. The van der Waals surface area contributed by atoms with Crippen LogP contribution in [0, 0.1) is 0 Å². The molecule has 1 aromatic rings. The lowest BCUT2D eigenvalue weighted by molar-refractivity contribution is 0.159. The standard InChI is InChI=1S/C18H33N7/c1-3-19-18(20-10-7-12-24-11-5-4-8-15(24)2)21-14-17-23-22-16-9-6-13-25(16)17/h15H,3-14H2,1-2H3,(H2,19,20,21). The average Bonchev–Trinajstić information content (AvgIpc) is 3.22. The van der Waals surface area contributed by atoms with Crippen LogP contribution < -0.4 is 10.6 Å². The number of piperidine rings is 1. The minimum Gasteiger partial charge on any atom is -0.357 e. The predicted molar refractivity (Wildman–Crippen MR) is 101 cm³/mol. The summed E-state index contributed by atoms with van der Waals surface area (Å²) in [6, 6.07) is 0.741. The molecule has 25 heavy (non-hydrogen) atoms. The van der Waals surface area contributed by atoms with Gasteiger partial charge < -0.3 is 20.1 Å². The van der Waals surface area contributed by atoms with Crippen LogP contribution in [0.2, 0.25) is 0 Å². The highest BCUT2D eigenvalue weighted by Gasteiger charge is 2.18. The van der Waals surface area contributed by atoms with Crippen molar-refractivity contribution in [2.75, 3.05) is 26.2 Å². The van der Waals surface area contributed by atoms with E-state index in [0.717, 1.165) is 56.1 Å². The summed E-state index contributed by atoms with van der Waals surface area (Å²) in [5.74, 6) is 2.97. The van der Waals surface area contributed by atoms with Gasteiger partial charge in [-0.05, 0) is 46.1 Å². The lowest BCUT2D eigenvalue weighted by Crippen LogP contribution is -2.41. The van der Waals surface area contributed by atoms with Gasteiger partial charge in [0.05, 0.1) is 0 Å². The van der Waals surface area contributed by atoms with E-state index in [1.807, 2.05) is 0 Å². The van der Waals surface area contributed by atoms with Crippen LogP contribution >= 0.6 is 0 Å². The fourth-order valence-electron chi connectivity index (χ4n) is 3.80. The summed E-state index contributed by atoms with van der Waals surface area (Å²) in [5, 5.41) is 15.3. The Morgan fingerprint density at radius 3 is 2.96 bits per heavy atom. The van der Waals surface area contributed by atoms with E-state index in [1.54, 1.807) is 0 Å². The molecule has 0 bridgehead atoms. The molecule has 0 aliphatic carbocycles. The number of aromatic nitrogens is 3. The van der Waals surface area contributed by atoms with Crippen LogP contribution in [0.25, 0.3) is 0 Å². The van der Waals surface area contributed by atoms with Crippen molar-refractivity contribution < 1.29 is 0 Å². The summed E-state index contributed by atoms with van der Waals surface area (Å²) < 4.78 is 2.21. The molecule has 3 rings (SSSR count). The lowest BCUT2D eigenvalue weighted by atomic mass is 10.0. The minimum atomic E-state index is 0.589. The molecule has 0 spiro atoms. The van der Waals surface area contributed by atoms with E-state index in [1.165, 1.54) is 38.8 Å². The van der Waals surface area contributed by atoms with Gasteiger partial charge in [-0.1, -0.05) is 6.42 Å². The molecule has 1 saturated heterocycles. The molecule has 2 N–H and O–H groups in total. The van der Waals surface area contributed by atoms with Crippen molar-refractivity contribution in [1.29, 1.82) is 0 Å². The first-order valence-corrected chi connectivity index (χ1v) is 9.95. The average molecular weight is 348 g/mol. The minimum absolute atomic E-state index is 0.589. The highest BCUT2D eigenvalue weighted by molar-refractivity contribution is 5.79. The van der Waals surface area contributed by atoms with Crippen molar-refractivity contribution >= 4 is 5.96 Å². The number of fused-ring (bicyclic) bond motifs is 1. The zero-order valence-electron chi connectivity index (χ0n) is 15.8.